The third-order valence-corrected chi connectivity index (χ3v) is 3.90. The summed E-state index contributed by atoms with van der Waals surface area (Å²) in [6, 6.07) is 0. The van der Waals surface area contributed by atoms with Crippen molar-refractivity contribution in [1.29, 1.82) is 0 Å². The number of likely N-dealkylation sites (N-methyl/N-ethyl adjacent to an activating group) is 1. The lowest BCUT2D eigenvalue weighted by Crippen LogP contribution is -2.46. The number of aromatic nitrogens is 1. The monoisotopic (exact) mass is 280 g/mol. The first kappa shape index (κ1) is 15.0. The fraction of sp³-hybridized carbons (Fsp3) is 0.714. The van der Waals surface area contributed by atoms with E-state index in [0.29, 0.717) is 6.42 Å². The van der Waals surface area contributed by atoms with E-state index in [2.05, 4.69) is 15.4 Å². The number of amides is 1. The minimum Gasteiger partial charge on any atom is -0.361 e. The molecule has 1 aliphatic heterocycles. The van der Waals surface area contributed by atoms with Crippen LogP contribution in [0.3, 0.4) is 0 Å². The SMILES string of the molecule is Cc1noc(C)c1CC(=O)N(C)CCN1CCNCC1. The molecular formula is C14H24N4O2. The van der Waals surface area contributed by atoms with Gasteiger partial charge in [-0.05, 0) is 13.8 Å². The molecule has 2 heterocycles. The van der Waals surface area contributed by atoms with Crippen LogP contribution < -0.4 is 5.32 Å². The van der Waals surface area contributed by atoms with Crippen molar-refractivity contribution < 1.29 is 9.32 Å². The van der Waals surface area contributed by atoms with Crippen molar-refractivity contribution in [1.82, 2.24) is 20.3 Å². The van der Waals surface area contributed by atoms with Gasteiger partial charge in [0.05, 0.1) is 12.1 Å². The van der Waals surface area contributed by atoms with Gasteiger partial charge in [-0.15, -0.1) is 0 Å². The fourth-order valence-corrected chi connectivity index (χ4v) is 2.39. The molecule has 0 saturated carbocycles. The second kappa shape index (κ2) is 6.85. The van der Waals surface area contributed by atoms with E-state index in [9.17, 15) is 4.79 Å². The predicted octanol–water partition coefficient (Wildman–Crippen LogP) is 0.198. The Hall–Kier alpha value is -1.40. The topological polar surface area (TPSA) is 61.6 Å². The Morgan fingerprint density at radius 3 is 2.70 bits per heavy atom. The molecule has 0 spiro atoms. The fourth-order valence-electron chi connectivity index (χ4n) is 2.39. The van der Waals surface area contributed by atoms with Crippen LogP contribution in [0.25, 0.3) is 0 Å². The molecule has 1 saturated heterocycles. The van der Waals surface area contributed by atoms with Crippen molar-refractivity contribution >= 4 is 5.91 Å². The van der Waals surface area contributed by atoms with E-state index >= 15 is 0 Å². The largest absolute Gasteiger partial charge is 0.361 e. The van der Waals surface area contributed by atoms with Crippen LogP contribution in [0.1, 0.15) is 17.0 Å². The maximum absolute atomic E-state index is 12.2. The number of piperazine rings is 1. The van der Waals surface area contributed by atoms with Gasteiger partial charge in [0.15, 0.2) is 0 Å². The average molecular weight is 280 g/mol. The van der Waals surface area contributed by atoms with E-state index in [1.54, 1.807) is 4.90 Å². The molecule has 6 nitrogen and oxygen atoms in total. The lowest BCUT2D eigenvalue weighted by Gasteiger charge is -2.29. The van der Waals surface area contributed by atoms with E-state index in [1.807, 2.05) is 20.9 Å². The van der Waals surface area contributed by atoms with E-state index in [1.165, 1.54) is 0 Å². The summed E-state index contributed by atoms with van der Waals surface area (Å²) in [5.74, 6) is 0.862. The van der Waals surface area contributed by atoms with Gasteiger partial charge in [0.25, 0.3) is 0 Å². The molecule has 1 aromatic heterocycles. The van der Waals surface area contributed by atoms with Gasteiger partial charge >= 0.3 is 0 Å². The van der Waals surface area contributed by atoms with Gasteiger partial charge in [-0.1, -0.05) is 5.16 Å². The van der Waals surface area contributed by atoms with Crippen LogP contribution in [0.5, 0.6) is 0 Å². The van der Waals surface area contributed by atoms with E-state index < -0.39 is 0 Å². The summed E-state index contributed by atoms with van der Waals surface area (Å²) in [5, 5.41) is 7.21. The Bertz CT molecular complexity index is 433. The quantitative estimate of drug-likeness (QED) is 0.835. The molecule has 0 radical (unpaired) electrons. The molecule has 0 bridgehead atoms. The Morgan fingerprint density at radius 1 is 1.40 bits per heavy atom. The minimum atomic E-state index is 0.120. The molecule has 6 heteroatoms. The summed E-state index contributed by atoms with van der Waals surface area (Å²) in [6.45, 7) is 9.63. The zero-order chi connectivity index (χ0) is 14.5. The summed E-state index contributed by atoms with van der Waals surface area (Å²) in [4.78, 5) is 16.4. The third-order valence-electron chi connectivity index (χ3n) is 3.90. The number of hydrogen-bond acceptors (Lipinski definition) is 5. The van der Waals surface area contributed by atoms with Gasteiger partial charge in [0.1, 0.15) is 5.76 Å². The van der Waals surface area contributed by atoms with E-state index in [-0.39, 0.29) is 5.91 Å². The molecule has 2 rings (SSSR count). The first-order chi connectivity index (χ1) is 9.58. The average Bonchev–Trinajstić information content (AvgIpc) is 2.77. The van der Waals surface area contributed by atoms with Crippen molar-refractivity contribution in [3.63, 3.8) is 0 Å². The predicted molar refractivity (Wildman–Crippen MR) is 76.6 cm³/mol. The number of nitrogens with one attached hydrogen (secondary N) is 1. The smallest absolute Gasteiger partial charge is 0.226 e. The second-order valence-corrected chi connectivity index (χ2v) is 5.39. The molecular weight excluding hydrogens is 256 g/mol. The normalized spacial score (nSPS) is 16.4. The van der Waals surface area contributed by atoms with Crippen molar-refractivity contribution in [2.24, 2.45) is 0 Å². The Kier molecular flexibility index (Phi) is 5.14. The number of nitrogens with zero attached hydrogens (tertiary/aromatic N) is 3. The summed E-state index contributed by atoms with van der Waals surface area (Å²) in [6.07, 6.45) is 0.374. The summed E-state index contributed by atoms with van der Waals surface area (Å²) in [5.41, 5.74) is 1.73. The summed E-state index contributed by atoms with van der Waals surface area (Å²) >= 11 is 0. The lowest BCUT2D eigenvalue weighted by atomic mass is 10.1. The Balaban J connectivity index is 1.79. The van der Waals surface area contributed by atoms with Crippen LogP contribution in [-0.2, 0) is 11.2 Å². The zero-order valence-electron chi connectivity index (χ0n) is 12.6. The third kappa shape index (κ3) is 3.80. The molecule has 20 heavy (non-hydrogen) atoms. The maximum Gasteiger partial charge on any atom is 0.226 e. The minimum absolute atomic E-state index is 0.120. The summed E-state index contributed by atoms with van der Waals surface area (Å²) < 4.78 is 5.10. The van der Waals surface area contributed by atoms with Gasteiger partial charge < -0.3 is 14.7 Å². The van der Waals surface area contributed by atoms with E-state index in [4.69, 9.17) is 4.52 Å². The highest BCUT2D eigenvalue weighted by Crippen LogP contribution is 2.13. The molecule has 0 aliphatic carbocycles. The number of rotatable bonds is 5. The van der Waals surface area contributed by atoms with Gasteiger partial charge in [0, 0.05) is 51.9 Å². The standard InChI is InChI=1S/C14H24N4O2/c1-11-13(12(2)20-16-11)10-14(19)17(3)8-9-18-6-4-15-5-7-18/h15H,4-10H2,1-3H3. The number of carbonyl (C=O) groups is 1. The Labute approximate surface area is 120 Å². The number of hydrogen-bond donors (Lipinski definition) is 1. The van der Waals surface area contributed by atoms with Crippen molar-refractivity contribution in [2.75, 3.05) is 46.3 Å². The molecule has 0 atom stereocenters. The van der Waals surface area contributed by atoms with Gasteiger partial charge in [0.2, 0.25) is 5.91 Å². The van der Waals surface area contributed by atoms with Crippen LogP contribution in [0.2, 0.25) is 0 Å². The molecule has 1 aliphatic rings. The Morgan fingerprint density at radius 2 is 2.10 bits per heavy atom. The maximum atomic E-state index is 12.2. The molecule has 1 N–H and O–H groups in total. The van der Waals surface area contributed by atoms with Crippen LogP contribution in [0.15, 0.2) is 4.52 Å². The van der Waals surface area contributed by atoms with Crippen LogP contribution >= 0.6 is 0 Å². The van der Waals surface area contributed by atoms with Crippen LogP contribution in [0, 0.1) is 13.8 Å². The molecule has 1 fully saturated rings. The van der Waals surface area contributed by atoms with Crippen molar-refractivity contribution in [2.45, 2.75) is 20.3 Å². The van der Waals surface area contributed by atoms with Crippen LogP contribution in [-0.4, -0.2) is 67.2 Å². The molecule has 1 amide bonds. The molecule has 1 aromatic rings. The van der Waals surface area contributed by atoms with E-state index in [0.717, 1.165) is 56.3 Å². The zero-order valence-corrected chi connectivity index (χ0v) is 12.6. The van der Waals surface area contributed by atoms with Crippen molar-refractivity contribution in [3.8, 4) is 0 Å². The highest BCUT2D eigenvalue weighted by Gasteiger charge is 2.17. The number of aryl methyl sites for hydroxylation is 2. The van der Waals surface area contributed by atoms with Crippen LogP contribution in [0.4, 0.5) is 0 Å². The van der Waals surface area contributed by atoms with Gasteiger partial charge in [-0.25, -0.2) is 0 Å². The summed E-state index contributed by atoms with van der Waals surface area (Å²) in [7, 11) is 1.86. The first-order valence-electron chi connectivity index (χ1n) is 7.16. The highest BCUT2D eigenvalue weighted by molar-refractivity contribution is 5.78. The van der Waals surface area contributed by atoms with Gasteiger partial charge in [-0.2, -0.15) is 0 Å². The molecule has 0 aromatic carbocycles. The van der Waals surface area contributed by atoms with Gasteiger partial charge in [-0.3, -0.25) is 9.69 Å². The lowest BCUT2D eigenvalue weighted by molar-refractivity contribution is -0.129. The van der Waals surface area contributed by atoms with Crippen molar-refractivity contribution in [3.05, 3.63) is 17.0 Å². The highest BCUT2D eigenvalue weighted by atomic mass is 16.5. The first-order valence-corrected chi connectivity index (χ1v) is 7.16. The molecule has 0 unspecified atom stereocenters. The number of carbonyl (C=O) groups excluding carboxylic acids is 1. The molecule has 112 valence electrons. The second-order valence-electron chi connectivity index (χ2n) is 5.39.